The molecule has 0 saturated carbocycles. The van der Waals surface area contributed by atoms with Crippen LogP contribution >= 0.6 is 0 Å². The van der Waals surface area contributed by atoms with Gasteiger partial charge in [0.2, 0.25) is 5.91 Å². The summed E-state index contributed by atoms with van der Waals surface area (Å²) in [5.74, 6) is -0.607. The maximum Gasteiger partial charge on any atom is 0.323 e. The number of hydrogen-bond donors (Lipinski definition) is 2. The van der Waals surface area contributed by atoms with Crippen molar-refractivity contribution in [3.8, 4) is 0 Å². The Balaban J connectivity index is 1.92. The summed E-state index contributed by atoms with van der Waals surface area (Å²) < 4.78 is 0. The molecule has 1 aromatic heterocycles. The Morgan fingerprint density at radius 2 is 2.35 bits per heavy atom. The van der Waals surface area contributed by atoms with Crippen LogP contribution in [0.2, 0.25) is 0 Å². The number of anilines is 1. The number of nitrogen functional groups attached to an aromatic ring is 1. The van der Waals surface area contributed by atoms with Gasteiger partial charge in [0.1, 0.15) is 12.4 Å². The number of amides is 1. The quantitative estimate of drug-likeness (QED) is 0.834. The molecule has 6 nitrogen and oxygen atoms in total. The fourth-order valence-electron chi connectivity index (χ4n) is 2.60. The smallest absolute Gasteiger partial charge is 0.323 e. The third kappa shape index (κ3) is 3.69. The van der Waals surface area contributed by atoms with Crippen molar-refractivity contribution in [2.45, 2.75) is 25.7 Å². The number of piperidine rings is 1. The molecule has 0 aliphatic carbocycles. The van der Waals surface area contributed by atoms with Crippen molar-refractivity contribution in [3.63, 3.8) is 0 Å². The van der Waals surface area contributed by atoms with Crippen molar-refractivity contribution in [2.24, 2.45) is 5.92 Å². The van der Waals surface area contributed by atoms with Crippen molar-refractivity contribution in [1.82, 2.24) is 9.88 Å². The number of carboxylic acid groups (broad SMARTS) is 1. The van der Waals surface area contributed by atoms with Crippen LogP contribution in [0.25, 0.3) is 0 Å². The van der Waals surface area contributed by atoms with Crippen LogP contribution in [-0.2, 0) is 16.0 Å². The number of carbonyl (C=O) groups is 2. The normalized spacial score (nSPS) is 19.1. The van der Waals surface area contributed by atoms with Crippen LogP contribution in [0.15, 0.2) is 18.3 Å². The third-order valence-electron chi connectivity index (χ3n) is 3.59. The molecule has 1 amide bonds. The Morgan fingerprint density at radius 1 is 1.55 bits per heavy atom. The van der Waals surface area contributed by atoms with E-state index in [2.05, 4.69) is 4.98 Å². The van der Waals surface area contributed by atoms with Gasteiger partial charge in [0.05, 0.1) is 0 Å². The lowest BCUT2D eigenvalue weighted by Gasteiger charge is -2.31. The molecule has 0 aromatic carbocycles. The second-order valence-electron chi connectivity index (χ2n) is 5.12. The predicted octanol–water partition coefficient (Wildman–Crippen LogP) is 0.920. The Bertz CT molecular complexity index is 504. The Labute approximate surface area is 117 Å². The first kappa shape index (κ1) is 14.3. The monoisotopic (exact) mass is 277 g/mol. The summed E-state index contributed by atoms with van der Waals surface area (Å²) in [7, 11) is 0. The van der Waals surface area contributed by atoms with Gasteiger partial charge in [-0.25, -0.2) is 4.98 Å². The number of hydrogen-bond acceptors (Lipinski definition) is 4. The van der Waals surface area contributed by atoms with E-state index in [9.17, 15) is 9.59 Å². The molecule has 1 aromatic rings. The van der Waals surface area contributed by atoms with Crippen LogP contribution < -0.4 is 5.73 Å². The molecule has 1 atom stereocenters. The van der Waals surface area contributed by atoms with E-state index in [0.717, 1.165) is 31.2 Å². The van der Waals surface area contributed by atoms with Gasteiger partial charge in [0.25, 0.3) is 0 Å². The van der Waals surface area contributed by atoms with E-state index in [1.54, 1.807) is 6.20 Å². The number of carbonyl (C=O) groups excluding carboxylic acids is 1. The van der Waals surface area contributed by atoms with Crippen molar-refractivity contribution >= 4 is 17.7 Å². The van der Waals surface area contributed by atoms with Gasteiger partial charge in [-0.05, 0) is 43.4 Å². The van der Waals surface area contributed by atoms with Crippen LogP contribution in [0.3, 0.4) is 0 Å². The molecular weight excluding hydrogens is 258 g/mol. The van der Waals surface area contributed by atoms with Crippen LogP contribution in [0.1, 0.15) is 24.8 Å². The molecule has 0 radical (unpaired) electrons. The highest BCUT2D eigenvalue weighted by atomic mass is 16.4. The van der Waals surface area contributed by atoms with E-state index in [0.29, 0.717) is 12.4 Å². The van der Waals surface area contributed by atoms with Crippen molar-refractivity contribution in [1.29, 1.82) is 0 Å². The van der Waals surface area contributed by atoms with Crippen molar-refractivity contribution in [3.05, 3.63) is 23.9 Å². The lowest BCUT2D eigenvalue weighted by molar-refractivity contribution is -0.148. The van der Waals surface area contributed by atoms with Crippen LogP contribution in [0, 0.1) is 5.92 Å². The Kier molecular flexibility index (Phi) is 4.55. The second kappa shape index (κ2) is 6.36. The van der Waals surface area contributed by atoms with Gasteiger partial charge in [-0.1, -0.05) is 0 Å². The summed E-state index contributed by atoms with van der Waals surface area (Å²) in [6, 6.07) is 3.70. The lowest BCUT2D eigenvalue weighted by atomic mass is 9.91. The third-order valence-corrected chi connectivity index (χ3v) is 3.59. The van der Waals surface area contributed by atoms with Gasteiger partial charge in [-0.2, -0.15) is 0 Å². The number of carboxylic acids is 1. The summed E-state index contributed by atoms with van der Waals surface area (Å²) in [4.78, 5) is 28.3. The lowest BCUT2D eigenvalue weighted by Crippen LogP contribution is -2.43. The van der Waals surface area contributed by atoms with Crippen LogP contribution in [0.5, 0.6) is 0 Å². The van der Waals surface area contributed by atoms with Crippen LogP contribution in [-0.4, -0.2) is 40.0 Å². The number of aromatic nitrogens is 1. The molecule has 108 valence electrons. The summed E-state index contributed by atoms with van der Waals surface area (Å²) in [5, 5.41) is 8.79. The predicted molar refractivity (Wildman–Crippen MR) is 73.9 cm³/mol. The first-order valence-electron chi connectivity index (χ1n) is 6.77. The minimum atomic E-state index is -0.957. The highest BCUT2D eigenvalue weighted by Gasteiger charge is 2.29. The van der Waals surface area contributed by atoms with Crippen molar-refractivity contribution in [2.75, 3.05) is 18.8 Å². The molecule has 1 saturated heterocycles. The summed E-state index contributed by atoms with van der Waals surface area (Å²) >= 11 is 0. The number of nitrogens with two attached hydrogens (primary N) is 1. The van der Waals surface area contributed by atoms with E-state index >= 15 is 0 Å². The number of pyridine rings is 1. The molecule has 2 rings (SSSR count). The molecule has 1 unspecified atom stereocenters. The van der Waals surface area contributed by atoms with Gasteiger partial charge in [0.15, 0.2) is 0 Å². The molecule has 1 aliphatic rings. The number of aryl methyl sites for hydroxylation is 1. The van der Waals surface area contributed by atoms with Gasteiger partial charge in [-0.15, -0.1) is 0 Å². The van der Waals surface area contributed by atoms with Gasteiger partial charge < -0.3 is 15.7 Å². The highest BCUT2D eigenvalue weighted by molar-refractivity contribution is 5.83. The molecule has 2 heterocycles. The summed E-state index contributed by atoms with van der Waals surface area (Å²) in [6.45, 7) is 0.349. The van der Waals surface area contributed by atoms with E-state index in [1.807, 2.05) is 12.1 Å². The molecule has 0 spiro atoms. The molecule has 6 heteroatoms. The minimum Gasteiger partial charge on any atom is -0.480 e. The molecule has 1 aliphatic heterocycles. The maximum absolute atomic E-state index is 12.2. The zero-order chi connectivity index (χ0) is 14.5. The Hall–Kier alpha value is -2.11. The topological polar surface area (TPSA) is 96.5 Å². The molecular formula is C14H19N3O3. The molecule has 20 heavy (non-hydrogen) atoms. The fraction of sp³-hybridized carbons (Fsp3) is 0.500. The molecule has 3 N–H and O–H groups in total. The zero-order valence-corrected chi connectivity index (χ0v) is 11.3. The van der Waals surface area contributed by atoms with Gasteiger partial charge >= 0.3 is 5.97 Å². The maximum atomic E-state index is 12.2. The van der Waals surface area contributed by atoms with Crippen LogP contribution in [0.4, 0.5) is 5.82 Å². The number of aliphatic carboxylic acids is 1. The number of nitrogens with zero attached hydrogens (tertiary/aromatic N) is 2. The molecule has 1 fully saturated rings. The first-order valence-corrected chi connectivity index (χ1v) is 6.77. The average Bonchev–Trinajstić information content (AvgIpc) is 2.39. The summed E-state index contributed by atoms with van der Waals surface area (Å²) in [5.41, 5.74) is 6.68. The zero-order valence-electron chi connectivity index (χ0n) is 11.3. The van der Waals surface area contributed by atoms with E-state index < -0.39 is 5.97 Å². The SMILES string of the molecule is Nc1cc(CCC2CCCN(CC(=O)O)C2=O)ccn1. The fourth-order valence-corrected chi connectivity index (χ4v) is 2.60. The van der Waals surface area contributed by atoms with E-state index in [-0.39, 0.29) is 18.4 Å². The summed E-state index contributed by atoms with van der Waals surface area (Å²) in [6.07, 6.45) is 4.82. The van der Waals surface area contributed by atoms with E-state index in [1.165, 1.54) is 4.90 Å². The largest absolute Gasteiger partial charge is 0.480 e. The second-order valence-corrected chi connectivity index (χ2v) is 5.12. The average molecular weight is 277 g/mol. The van der Waals surface area contributed by atoms with Gasteiger partial charge in [-0.3, -0.25) is 9.59 Å². The Morgan fingerprint density at radius 3 is 3.05 bits per heavy atom. The van der Waals surface area contributed by atoms with Gasteiger partial charge in [0, 0.05) is 18.7 Å². The van der Waals surface area contributed by atoms with E-state index in [4.69, 9.17) is 10.8 Å². The minimum absolute atomic E-state index is 0.0410. The van der Waals surface area contributed by atoms with Crippen molar-refractivity contribution < 1.29 is 14.7 Å². The number of rotatable bonds is 5. The first-order chi connectivity index (χ1) is 9.56. The standard InChI is InChI=1S/C14H19N3O3/c15-12-8-10(5-6-16-12)3-4-11-2-1-7-17(14(11)20)9-13(18)19/h5-6,8,11H,1-4,7,9H2,(H2,15,16)(H,18,19). The molecule has 0 bridgehead atoms. The highest BCUT2D eigenvalue weighted by Crippen LogP contribution is 2.23. The number of likely N-dealkylation sites (tertiary alicyclic amines) is 1.